The Morgan fingerprint density at radius 1 is 1.40 bits per heavy atom. The number of hydrogen-bond acceptors (Lipinski definition) is 1. The fraction of sp³-hybridized carbons (Fsp3) is 0. The van der Waals surface area contributed by atoms with Gasteiger partial charge >= 0.3 is 29.6 Å². The zero-order valence-corrected chi connectivity index (χ0v) is 9.65. The van der Waals surface area contributed by atoms with E-state index in [0.29, 0.717) is 21.0 Å². The van der Waals surface area contributed by atoms with Crippen LogP contribution in [0.25, 0.3) is 0 Å². The van der Waals surface area contributed by atoms with Crippen LogP contribution in [-0.4, -0.2) is 0 Å². The minimum Gasteiger partial charge on any atom is -0.778 e. The van der Waals surface area contributed by atoms with Crippen molar-refractivity contribution in [1.29, 1.82) is 0 Å². The van der Waals surface area contributed by atoms with Crippen molar-refractivity contribution in [3.8, 4) is 0 Å². The Kier molecular flexibility index (Phi) is 4.38. The molecular formula is C6H3Cl2NaS. The third kappa shape index (κ3) is 2.57. The van der Waals surface area contributed by atoms with Crippen molar-refractivity contribution in [1.82, 2.24) is 0 Å². The Labute approximate surface area is 99.0 Å². The summed E-state index contributed by atoms with van der Waals surface area (Å²) in [6.45, 7) is 0. The molecule has 0 aliphatic carbocycles. The molecule has 0 saturated carbocycles. The first-order chi connectivity index (χ1) is 4.61. The molecule has 48 valence electrons. The Bertz CT molecular complexity index is 244. The molecule has 0 spiro atoms. The summed E-state index contributed by atoms with van der Waals surface area (Å²) in [6.07, 6.45) is 0. The van der Waals surface area contributed by atoms with Crippen molar-refractivity contribution in [3.05, 3.63) is 28.2 Å². The van der Waals surface area contributed by atoms with Gasteiger partial charge in [0.1, 0.15) is 0 Å². The number of hydrogen-bond donors (Lipinski definition) is 0. The third-order valence-electron chi connectivity index (χ3n) is 0.850. The maximum Gasteiger partial charge on any atom is 1.00 e. The van der Waals surface area contributed by atoms with Gasteiger partial charge in [-0.25, -0.2) is 0 Å². The van der Waals surface area contributed by atoms with Gasteiger partial charge in [0.05, 0.1) is 6.39 Å². The van der Waals surface area contributed by atoms with E-state index in [4.69, 9.17) is 37.2 Å². The minimum atomic E-state index is 0. The SMILES string of the molecule is [2H]c1cc([S-])c(Cl)c(Cl)c1.[Na+]. The van der Waals surface area contributed by atoms with Crippen molar-refractivity contribution >= 4 is 35.8 Å². The first-order valence-corrected chi connectivity index (χ1v) is 3.40. The fourth-order valence-corrected chi connectivity index (χ4v) is 0.943. The van der Waals surface area contributed by atoms with Crippen molar-refractivity contribution in [3.63, 3.8) is 0 Å². The van der Waals surface area contributed by atoms with Crippen LogP contribution in [0.3, 0.4) is 0 Å². The third-order valence-corrected chi connectivity index (χ3v) is 2.09. The number of halogens is 2. The van der Waals surface area contributed by atoms with E-state index in [1.165, 1.54) is 12.1 Å². The van der Waals surface area contributed by atoms with Crippen LogP contribution in [0.15, 0.2) is 23.1 Å². The molecule has 0 unspecified atom stereocenters. The maximum atomic E-state index is 7.16. The fourth-order valence-electron chi connectivity index (χ4n) is 0.435. The molecule has 0 bridgehead atoms. The minimum absolute atomic E-state index is 0. The molecule has 0 amide bonds. The summed E-state index contributed by atoms with van der Waals surface area (Å²) in [5.41, 5.74) is 0. The topological polar surface area (TPSA) is 0 Å². The van der Waals surface area contributed by atoms with E-state index < -0.39 is 0 Å². The molecule has 0 atom stereocenters. The van der Waals surface area contributed by atoms with Gasteiger partial charge in [-0.1, -0.05) is 35.3 Å². The van der Waals surface area contributed by atoms with E-state index >= 15 is 0 Å². The van der Waals surface area contributed by atoms with Gasteiger partial charge in [0.25, 0.3) is 0 Å². The van der Waals surface area contributed by atoms with Crippen LogP contribution in [0.1, 0.15) is 1.37 Å². The van der Waals surface area contributed by atoms with Crippen LogP contribution < -0.4 is 29.6 Å². The predicted octanol–water partition coefficient (Wildman–Crippen LogP) is -0.0968. The van der Waals surface area contributed by atoms with Gasteiger partial charge in [-0.15, -0.1) is 0 Å². The second-order valence-corrected chi connectivity index (χ2v) is 2.71. The van der Waals surface area contributed by atoms with E-state index in [2.05, 4.69) is 0 Å². The van der Waals surface area contributed by atoms with Crippen LogP contribution >= 0.6 is 23.2 Å². The quantitative estimate of drug-likeness (QED) is 0.418. The van der Waals surface area contributed by atoms with Crippen LogP contribution in [-0.2, 0) is 12.6 Å². The maximum absolute atomic E-state index is 7.16. The summed E-state index contributed by atoms with van der Waals surface area (Å²) in [4.78, 5) is 0.430. The van der Waals surface area contributed by atoms with Crippen molar-refractivity contribution < 1.29 is 30.9 Å². The Morgan fingerprint density at radius 3 is 2.50 bits per heavy atom. The van der Waals surface area contributed by atoms with E-state index in [-0.39, 0.29) is 29.6 Å². The van der Waals surface area contributed by atoms with E-state index in [0.717, 1.165) is 0 Å². The van der Waals surface area contributed by atoms with E-state index in [9.17, 15) is 0 Å². The number of rotatable bonds is 0. The molecule has 0 aliphatic rings. The van der Waals surface area contributed by atoms with Gasteiger partial charge in [0.15, 0.2) is 0 Å². The summed E-state index contributed by atoms with van der Waals surface area (Å²) in [5.74, 6) is 0. The molecule has 0 nitrogen and oxygen atoms in total. The zero-order valence-electron chi connectivity index (χ0n) is 6.32. The van der Waals surface area contributed by atoms with Crippen LogP contribution in [0.2, 0.25) is 10.0 Å². The van der Waals surface area contributed by atoms with Crippen molar-refractivity contribution in [2.45, 2.75) is 4.90 Å². The van der Waals surface area contributed by atoms with E-state index in [1.54, 1.807) is 0 Å². The summed E-state index contributed by atoms with van der Waals surface area (Å²) < 4.78 is 7.16. The molecule has 0 N–H and O–H groups in total. The molecule has 0 aromatic heterocycles. The summed E-state index contributed by atoms with van der Waals surface area (Å²) >= 11 is 16.0. The second kappa shape index (κ2) is 4.81. The Hall–Kier alpha value is 1.02. The summed E-state index contributed by atoms with van der Waals surface area (Å²) in [6, 6.07) is 3.24. The predicted molar refractivity (Wildman–Crippen MR) is 42.1 cm³/mol. The molecule has 0 radical (unpaired) electrons. The normalized spacial score (nSPS) is 10.0. The van der Waals surface area contributed by atoms with Crippen LogP contribution in [0.4, 0.5) is 0 Å². The molecule has 0 fully saturated rings. The largest absolute Gasteiger partial charge is 1.00 e. The molecule has 4 heteroatoms. The van der Waals surface area contributed by atoms with Gasteiger partial charge in [-0.2, -0.15) is 4.90 Å². The second-order valence-electron chi connectivity index (χ2n) is 1.48. The Morgan fingerprint density at radius 2 is 2.00 bits per heavy atom. The van der Waals surface area contributed by atoms with Gasteiger partial charge in [-0.3, -0.25) is 0 Å². The smallest absolute Gasteiger partial charge is 0.778 e. The zero-order chi connectivity index (χ0) is 7.72. The molecule has 1 rings (SSSR count). The average Bonchev–Trinajstić information content (AvgIpc) is 1.82. The first kappa shape index (κ1) is 9.11. The molecule has 1 aromatic rings. The monoisotopic (exact) mass is 201 g/mol. The first-order valence-electron chi connectivity index (χ1n) is 2.74. The van der Waals surface area contributed by atoms with Gasteiger partial charge in [0, 0.05) is 5.02 Å². The van der Waals surface area contributed by atoms with E-state index in [1.807, 2.05) is 0 Å². The van der Waals surface area contributed by atoms with Crippen LogP contribution in [0.5, 0.6) is 0 Å². The summed E-state index contributed by atoms with van der Waals surface area (Å²) in [5, 5.41) is 0.701. The molecule has 1 aromatic carbocycles. The molecular weight excluding hydrogens is 198 g/mol. The van der Waals surface area contributed by atoms with Crippen molar-refractivity contribution in [2.24, 2.45) is 0 Å². The van der Waals surface area contributed by atoms with Gasteiger partial charge in [0.2, 0.25) is 0 Å². The van der Waals surface area contributed by atoms with Crippen LogP contribution in [0, 0.1) is 0 Å². The number of benzene rings is 1. The standard InChI is InChI=1S/C6H4Cl2S.Na/c7-4-2-1-3-5(9)6(4)8;/h1-3,9H;/q;+1/p-1/i1D;. The van der Waals surface area contributed by atoms with Gasteiger partial charge in [-0.05, 0) is 6.07 Å². The summed E-state index contributed by atoms with van der Waals surface area (Å²) in [7, 11) is 0. The molecule has 0 heterocycles. The molecule has 10 heavy (non-hydrogen) atoms. The van der Waals surface area contributed by atoms with Crippen molar-refractivity contribution in [2.75, 3.05) is 0 Å². The average molecular weight is 202 g/mol. The van der Waals surface area contributed by atoms with Gasteiger partial charge < -0.3 is 12.6 Å². The molecule has 0 saturated heterocycles. The Balaban J connectivity index is 0.000001000. The molecule has 0 aliphatic heterocycles.